The molecule has 0 radical (unpaired) electrons. The van der Waals surface area contributed by atoms with Crippen molar-refractivity contribution in [1.82, 2.24) is 15.5 Å². The Morgan fingerprint density at radius 1 is 1.40 bits per heavy atom. The molecule has 0 saturated carbocycles. The molecule has 2 unspecified atom stereocenters. The molecule has 2 aliphatic rings. The Balaban J connectivity index is 1.98. The maximum Gasteiger partial charge on any atom is 0.420 e. The van der Waals surface area contributed by atoms with E-state index in [1.54, 1.807) is 5.32 Å². The molecule has 2 N–H and O–H groups in total. The third kappa shape index (κ3) is 2.61. The van der Waals surface area contributed by atoms with Crippen molar-refractivity contribution in [3.8, 4) is 0 Å². The van der Waals surface area contributed by atoms with E-state index >= 15 is 0 Å². The van der Waals surface area contributed by atoms with Crippen molar-refractivity contribution in [2.45, 2.75) is 37.9 Å². The lowest BCUT2D eigenvalue weighted by atomic mass is 9.96. The molecular weight excluding hydrogens is 275 g/mol. The minimum atomic E-state index is -4.79. The van der Waals surface area contributed by atoms with Crippen molar-refractivity contribution in [2.75, 3.05) is 19.6 Å². The summed E-state index contributed by atoms with van der Waals surface area (Å²) in [6, 6.07) is -0.960. The predicted molar refractivity (Wildman–Crippen MR) is 64.9 cm³/mol. The van der Waals surface area contributed by atoms with Crippen molar-refractivity contribution in [3.05, 3.63) is 0 Å². The van der Waals surface area contributed by atoms with E-state index in [9.17, 15) is 22.8 Å². The molecule has 114 valence electrons. The Kier molecular flexibility index (Phi) is 3.95. The summed E-state index contributed by atoms with van der Waals surface area (Å²) in [6.45, 7) is 2.45. The number of carbonyl (C=O) groups excluding carboxylic acids is 2. The summed E-state index contributed by atoms with van der Waals surface area (Å²) in [6.07, 6.45) is -2.29. The van der Waals surface area contributed by atoms with Crippen molar-refractivity contribution < 1.29 is 22.8 Å². The van der Waals surface area contributed by atoms with Gasteiger partial charge in [0.25, 0.3) is 5.91 Å². The number of nitrogens with zero attached hydrogens (tertiary/aromatic N) is 1. The Hall–Kier alpha value is -1.31. The van der Waals surface area contributed by atoms with Crippen LogP contribution in [0.3, 0.4) is 0 Å². The number of halogens is 3. The first kappa shape index (κ1) is 15.1. The number of carbonyl (C=O) groups is 2. The second-order valence-electron chi connectivity index (χ2n) is 5.51. The lowest BCUT2D eigenvalue weighted by Crippen LogP contribution is -2.56. The molecule has 5 nitrogen and oxygen atoms in total. The van der Waals surface area contributed by atoms with E-state index in [1.165, 1.54) is 0 Å². The molecule has 0 aromatic heterocycles. The summed E-state index contributed by atoms with van der Waals surface area (Å²) in [5.41, 5.74) is -2.80. The minimum absolute atomic E-state index is 0.0304. The number of amides is 3. The van der Waals surface area contributed by atoms with E-state index in [4.69, 9.17) is 0 Å². The fourth-order valence-electron chi connectivity index (χ4n) is 2.57. The number of rotatable bonds is 3. The summed E-state index contributed by atoms with van der Waals surface area (Å²) in [7, 11) is 0. The number of hydrogen-bond acceptors (Lipinski definition) is 3. The molecule has 0 aromatic carbocycles. The Bertz CT molecular complexity index is 407. The summed E-state index contributed by atoms with van der Waals surface area (Å²) >= 11 is 0. The molecule has 0 aromatic rings. The zero-order chi connectivity index (χ0) is 15.0. The van der Waals surface area contributed by atoms with Crippen LogP contribution in [0.15, 0.2) is 0 Å². The Labute approximate surface area is 114 Å². The first-order chi connectivity index (χ1) is 9.25. The van der Waals surface area contributed by atoms with E-state index in [1.807, 2.05) is 0 Å². The fourth-order valence-corrected chi connectivity index (χ4v) is 2.57. The first-order valence-corrected chi connectivity index (χ1v) is 6.67. The number of alkyl halides is 3. The van der Waals surface area contributed by atoms with Gasteiger partial charge in [-0.05, 0) is 45.2 Å². The summed E-state index contributed by atoms with van der Waals surface area (Å²) < 4.78 is 38.6. The highest BCUT2D eigenvalue weighted by Gasteiger charge is 2.64. The van der Waals surface area contributed by atoms with Crippen molar-refractivity contribution in [3.63, 3.8) is 0 Å². The van der Waals surface area contributed by atoms with Crippen LogP contribution in [-0.2, 0) is 4.79 Å². The molecule has 20 heavy (non-hydrogen) atoms. The third-order valence-corrected chi connectivity index (χ3v) is 4.00. The third-order valence-electron chi connectivity index (χ3n) is 4.00. The van der Waals surface area contributed by atoms with E-state index in [2.05, 4.69) is 5.32 Å². The van der Waals surface area contributed by atoms with E-state index in [0.29, 0.717) is 24.2 Å². The monoisotopic (exact) mass is 293 g/mol. The molecule has 3 amide bonds. The normalized spacial score (nSPS) is 31.6. The summed E-state index contributed by atoms with van der Waals surface area (Å²) in [4.78, 5) is 24.1. The Morgan fingerprint density at radius 2 is 2.10 bits per heavy atom. The maximum absolute atomic E-state index is 12.9. The molecule has 2 aliphatic heterocycles. The van der Waals surface area contributed by atoms with E-state index in [-0.39, 0.29) is 6.54 Å². The van der Waals surface area contributed by atoms with Gasteiger partial charge in [-0.2, -0.15) is 13.2 Å². The molecule has 8 heteroatoms. The van der Waals surface area contributed by atoms with Crippen molar-refractivity contribution in [1.29, 1.82) is 0 Å². The molecule has 0 aliphatic carbocycles. The molecule has 2 rings (SSSR count). The standard InChI is InChI=1S/C12H18F3N3O2/c1-11(12(13,14)15)9(19)18(10(20)17-11)6-4-8-3-2-5-16-7-8/h8,16H,2-7H2,1H3,(H,17,20). The van der Waals surface area contributed by atoms with Crippen LogP contribution >= 0.6 is 0 Å². The molecule has 2 heterocycles. The van der Waals surface area contributed by atoms with E-state index < -0.39 is 23.7 Å². The Morgan fingerprint density at radius 3 is 2.60 bits per heavy atom. The zero-order valence-electron chi connectivity index (χ0n) is 11.2. The maximum atomic E-state index is 12.9. The summed E-state index contributed by atoms with van der Waals surface area (Å²) in [5.74, 6) is -0.916. The van der Waals surface area contributed by atoms with Gasteiger partial charge in [0.05, 0.1) is 0 Å². The smallest absolute Gasteiger partial charge is 0.316 e. The lowest BCUT2D eigenvalue weighted by molar-refractivity contribution is -0.191. The van der Waals surface area contributed by atoms with Crippen molar-refractivity contribution >= 4 is 11.9 Å². The number of imide groups is 1. The van der Waals surface area contributed by atoms with Gasteiger partial charge in [0.1, 0.15) is 0 Å². The highest BCUT2D eigenvalue weighted by molar-refractivity contribution is 6.07. The zero-order valence-corrected chi connectivity index (χ0v) is 11.2. The van der Waals surface area contributed by atoms with Gasteiger partial charge in [-0.1, -0.05) is 0 Å². The van der Waals surface area contributed by atoms with Crippen LogP contribution in [0.25, 0.3) is 0 Å². The topological polar surface area (TPSA) is 61.4 Å². The van der Waals surface area contributed by atoms with Gasteiger partial charge in [-0.15, -0.1) is 0 Å². The van der Waals surface area contributed by atoms with Crippen LogP contribution in [0, 0.1) is 5.92 Å². The quantitative estimate of drug-likeness (QED) is 0.770. The molecule has 2 fully saturated rings. The second kappa shape index (κ2) is 5.23. The number of piperidine rings is 1. The highest BCUT2D eigenvalue weighted by atomic mass is 19.4. The van der Waals surface area contributed by atoms with Gasteiger partial charge in [0, 0.05) is 6.54 Å². The largest absolute Gasteiger partial charge is 0.420 e. The van der Waals surface area contributed by atoms with Crippen LogP contribution in [0.1, 0.15) is 26.2 Å². The van der Waals surface area contributed by atoms with Crippen LogP contribution in [0.4, 0.5) is 18.0 Å². The lowest BCUT2D eigenvalue weighted by Gasteiger charge is -2.26. The van der Waals surface area contributed by atoms with Gasteiger partial charge in [0.15, 0.2) is 0 Å². The average Bonchev–Trinajstić information content (AvgIpc) is 2.60. The van der Waals surface area contributed by atoms with Crippen molar-refractivity contribution in [2.24, 2.45) is 5.92 Å². The van der Waals surface area contributed by atoms with Gasteiger partial charge in [-0.25, -0.2) is 4.79 Å². The minimum Gasteiger partial charge on any atom is -0.316 e. The van der Waals surface area contributed by atoms with Crippen LogP contribution in [-0.4, -0.2) is 48.2 Å². The van der Waals surface area contributed by atoms with Crippen LogP contribution < -0.4 is 10.6 Å². The molecule has 0 bridgehead atoms. The molecule has 0 spiro atoms. The van der Waals surface area contributed by atoms with Gasteiger partial charge in [0.2, 0.25) is 5.54 Å². The number of urea groups is 1. The van der Waals surface area contributed by atoms with Gasteiger partial charge in [-0.3, -0.25) is 9.69 Å². The van der Waals surface area contributed by atoms with Gasteiger partial charge < -0.3 is 10.6 Å². The summed E-state index contributed by atoms with van der Waals surface area (Å²) in [5, 5.41) is 4.94. The molecule has 2 saturated heterocycles. The van der Waals surface area contributed by atoms with Crippen LogP contribution in [0.5, 0.6) is 0 Å². The predicted octanol–water partition coefficient (Wildman–Crippen LogP) is 1.25. The first-order valence-electron chi connectivity index (χ1n) is 6.67. The number of hydrogen-bond donors (Lipinski definition) is 2. The van der Waals surface area contributed by atoms with Gasteiger partial charge >= 0.3 is 12.2 Å². The average molecular weight is 293 g/mol. The molecular formula is C12H18F3N3O2. The fraction of sp³-hybridized carbons (Fsp3) is 0.833. The van der Waals surface area contributed by atoms with E-state index in [0.717, 1.165) is 25.9 Å². The SMILES string of the molecule is CC1(C(F)(F)F)NC(=O)N(CCC2CCCNC2)C1=O. The highest BCUT2D eigenvalue weighted by Crippen LogP contribution is 2.35. The second-order valence-corrected chi connectivity index (χ2v) is 5.51. The number of nitrogens with one attached hydrogen (secondary N) is 2. The molecule has 2 atom stereocenters. The van der Waals surface area contributed by atoms with Crippen LogP contribution in [0.2, 0.25) is 0 Å².